The molecule has 1 aromatic rings. The van der Waals surface area contributed by atoms with Gasteiger partial charge in [-0.2, -0.15) is 0 Å². The van der Waals surface area contributed by atoms with E-state index in [9.17, 15) is 4.79 Å². The Labute approximate surface area is 109 Å². The number of hydrogen-bond donors (Lipinski definition) is 2. The van der Waals surface area contributed by atoms with E-state index in [-0.39, 0.29) is 18.6 Å². The minimum absolute atomic E-state index is 0.0558. The Kier molecular flexibility index (Phi) is 5.31. The van der Waals surface area contributed by atoms with E-state index >= 15 is 0 Å². The molecule has 3 N–H and O–H groups in total. The predicted molar refractivity (Wildman–Crippen MR) is 72.3 cm³/mol. The molecule has 2 unspecified atom stereocenters. The van der Waals surface area contributed by atoms with Crippen LogP contribution in [0.15, 0.2) is 18.2 Å². The van der Waals surface area contributed by atoms with E-state index in [1.54, 1.807) is 0 Å². The van der Waals surface area contributed by atoms with Crippen molar-refractivity contribution in [2.24, 2.45) is 5.73 Å². The van der Waals surface area contributed by atoms with Gasteiger partial charge in [-0.1, -0.05) is 18.2 Å². The molecular weight excluding hydrogens is 228 g/mol. The molecule has 1 aromatic carbocycles. The summed E-state index contributed by atoms with van der Waals surface area (Å²) in [7, 11) is 1.53. The number of methoxy groups -OCH3 is 1. The largest absolute Gasteiger partial charge is 0.383 e. The Morgan fingerprint density at radius 2 is 2.06 bits per heavy atom. The van der Waals surface area contributed by atoms with Crippen molar-refractivity contribution >= 4 is 5.91 Å². The maximum atomic E-state index is 11.8. The average molecular weight is 250 g/mol. The molecule has 0 saturated carbocycles. The lowest BCUT2D eigenvalue weighted by Crippen LogP contribution is -2.44. The Morgan fingerprint density at radius 1 is 1.39 bits per heavy atom. The van der Waals surface area contributed by atoms with Crippen molar-refractivity contribution in [1.29, 1.82) is 0 Å². The summed E-state index contributed by atoms with van der Waals surface area (Å²) in [5, 5.41) is 2.88. The van der Waals surface area contributed by atoms with Crippen molar-refractivity contribution in [3.63, 3.8) is 0 Å². The standard InChI is InChI=1S/C14H22N2O2/c1-9-5-6-12(7-10(9)2)11(3)16-14(17)13(15)8-18-4/h5-7,11,13H,8,15H2,1-4H3,(H,16,17). The van der Waals surface area contributed by atoms with Crippen molar-refractivity contribution in [3.05, 3.63) is 34.9 Å². The number of carbonyl (C=O) groups excluding carboxylic acids is 1. The van der Waals surface area contributed by atoms with E-state index in [0.29, 0.717) is 0 Å². The summed E-state index contributed by atoms with van der Waals surface area (Å²) in [4.78, 5) is 11.8. The SMILES string of the molecule is COCC(N)C(=O)NC(C)c1ccc(C)c(C)c1. The molecule has 2 atom stereocenters. The van der Waals surface area contributed by atoms with Gasteiger partial charge in [0.25, 0.3) is 0 Å². The third-order valence-electron chi connectivity index (χ3n) is 3.07. The first-order valence-electron chi connectivity index (χ1n) is 6.07. The molecule has 0 heterocycles. The quantitative estimate of drug-likeness (QED) is 0.831. The van der Waals surface area contributed by atoms with Crippen molar-refractivity contribution in [2.45, 2.75) is 32.9 Å². The predicted octanol–water partition coefficient (Wildman–Crippen LogP) is 1.45. The molecule has 0 fully saturated rings. The molecule has 4 heteroatoms. The second kappa shape index (κ2) is 6.52. The Morgan fingerprint density at radius 3 is 2.61 bits per heavy atom. The average Bonchev–Trinajstić information content (AvgIpc) is 2.32. The van der Waals surface area contributed by atoms with Gasteiger partial charge in [0, 0.05) is 7.11 Å². The second-order valence-corrected chi connectivity index (χ2v) is 4.64. The normalized spacial score (nSPS) is 14.1. The highest BCUT2D eigenvalue weighted by molar-refractivity contribution is 5.82. The van der Waals surface area contributed by atoms with E-state index in [4.69, 9.17) is 10.5 Å². The highest BCUT2D eigenvalue weighted by atomic mass is 16.5. The minimum atomic E-state index is -0.621. The molecule has 0 saturated heterocycles. The van der Waals surface area contributed by atoms with Crippen LogP contribution in [0, 0.1) is 13.8 Å². The van der Waals surface area contributed by atoms with Gasteiger partial charge in [-0.25, -0.2) is 0 Å². The number of carbonyl (C=O) groups is 1. The molecule has 0 aromatic heterocycles. The fourth-order valence-electron chi connectivity index (χ4n) is 1.69. The van der Waals surface area contributed by atoms with Crippen LogP contribution in [0.5, 0.6) is 0 Å². The van der Waals surface area contributed by atoms with Crippen molar-refractivity contribution < 1.29 is 9.53 Å². The van der Waals surface area contributed by atoms with Gasteiger partial charge in [0.1, 0.15) is 6.04 Å². The third kappa shape index (κ3) is 3.82. The number of ether oxygens (including phenoxy) is 1. The molecule has 0 aliphatic rings. The summed E-state index contributed by atoms with van der Waals surface area (Å²) < 4.78 is 4.86. The molecule has 0 aliphatic heterocycles. The van der Waals surface area contributed by atoms with Gasteiger partial charge in [-0.15, -0.1) is 0 Å². The lowest BCUT2D eigenvalue weighted by atomic mass is 10.0. The molecule has 100 valence electrons. The van der Waals surface area contributed by atoms with Gasteiger partial charge in [0.15, 0.2) is 0 Å². The van der Waals surface area contributed by atoms with Gasteiger partial charge in [0.2, 0.25) is 5.91 Å². The van der Waals surface area contributed by atoms with E-state index in [1.165, 1.54) is 18.2 Å². The molecule has 0 spiro atoms. The molecule has 0 radical (unpaired) electrons. The first-order chi connectivity index (χ1) is 8.45. The van der Waals surface area contributed by atoms with Crippen molar-refractivity contribution in [2.75, 3.05) is 13.7 Å². The third-order valence-corrected chi connectivity index (χ3v) is 3.07. The van der Waals surface area contributed by atoms with Crippen LogP contribution in [0.4, 0.5) is 0 Å². The van der Waals surface area contributed by atoms with Crippen LogP contribution >= 0.6 is 0 Å². The number of nitrogens with one attached hydrogen (secondary N) is 1. The Balaban J connectivity index is 2.67. The molecular formula is C14H22N2O2. The summed E-state index contributed by atoms with van der Waals surface area (Å²) in [6.45, 7) is 6.30. The Hall–Kier alpha value is -1.39. The number of rotatable bonds is 5. The summed E-state index contributed by atoms with van der Waals surface area (Å²) in [5.41, 5.74) is 9.21. The van der Waals surface area contributed by atoms with Crippen LogP contribution < -0.4 is 11.1 Å². The van der Waals surface area contributed by atoms with Crippen LogP contribution in [-0.2, 0) is 9.53 Å². The van der Waals surface area contributed by atoms with Gasteiger partial charge in [0.05, 0.1) is 12.6 Å². The maximum absolute atomic E-state index is 11.8. The number of amides is 1. The summed E-state index contributed by atoms with van der Waals surface area (Å²) in [6.07, 6.45) is 0. The van der Waals surface area contributed by atoms with Gasteiger partial charge in [-0.3, -0.25) is 4.79 Å². The highest BCUT2D eigenvalue weighted by Crippen LogP contribution is 2.16. The monoisotopic (exact) mass is 250 g/mol. The topological polar surface area (TPSA) is 64.3 Å². The number of aryl methyl sites for hydroxylation is 2. The van der Waals surface area contributed by atoms with Gasteiger partial charge in [-0.05, 0) is 37.5 Å². The summed E-state index contributed by atoms with van der Waals surface area (Å²) in [5.74, 6) is -0.192. The van der Waals surface area contributed by atoms with E-state index in [0.717, 1.165) is 5.56 Å². The smallest absolute Gasteiger partial charge is 0.239 e. The van der Waals surface area contributed by atoms with E-state index in [1.807, 2.05) is 13.0 Å². The minimum Gasteiger partial charge on any atom is -0.383 e. The molecule has 1 rings (SSSR count). The fourth-order valence-corrected chi connectivity index (χ4v) is 1.69. The number of nitrogens with two attached hydrogens (primary N) is 1. The Bertz CT molecular complexity index is 418. The fraction of sp³-hybridized carbons (Fsp3) is 0.500. The zero-order chi connectivity index (χ0) is 13.7. The van der Waals surface area contributed by atoms with Gasteiger partial charge >= 0.3 is 0 Å². The van der Waals surface area contributed by atoms with Gasteiger partial charge < -0.3 is 15.8 Å². The van der Waals surface area contributed by atoms with E-state index in [2.05, 4.69) is 31.3 Å². The second-order valence-electron chi connectivity index (χ2n) is 4.64. The molecule has 1 amide bonds. The van der Waals surface area contributed by atoms with Crippen molar-refractivity contribution in [3.8, 4) is 0 Å². The number of hydrogen-bond acceptors (Lipinski definition) is 3. The van der Waals surface area contributed by atoms with Crippen LogP contribution in [0.3, 0.4) is 0 Å². The lowest BCUT2D eigenvalue weighted by Gasteiger charge is -2.18. The molecule has 18 heavy (non-hydrogen) atoms. The summed E-state index contributed by atoms with van der Waals surface area (Å²) >= 11 is 0. The first-order valence-corrected chi connectivity index (χ1v) is 6.07. The van der Waals surface area contributed by atoms with Crippen LogP contribution in [-0.4, -0.2) is 25.7 Å². The van der Waals surface area contributed by atoms with E-state index < -0.39 is 6.04 Å². The molecule has 0 bridgehead atoms. The lowest BCUT2D eigenvalue weighted by molar-refractivity contribution is -0.124. The number of benzene rings is 1. The van der Waals surface area contributed by atoms with Crippen molar-refractivity contribution in [1.82, 2.24) is 5.32 Å². The molecule has 0 aliphatic carbocycles. The maximum Gasteiger partial charge on any atom is 0.239 e. The zero-order valence-corrected chi connectivity index (χ0v) is 11.5. The van der Waals surface area contributed by atoms with Crippen LogP contribution in [0.2, 0.25) is 0 Å². The highest BCUT2D eigenvalue weighted by Gasteiger charge is 2.16. The first kappa shape index (κ1) is 14.7. The zero-order valence-electron chi connectivity index (χ0n) is 11.5. The summed E-state index contributed by atoms with van der Waals surface area (Å²) in [6, 6.07) is 5.49. The molecule has 4 nitrogen and oxygen atoms in total. The van der Waals surface area contributed by atoms with Crippen LogP contribution in [0.25, 0.3) is 0 Å². The van der Waals surface area contributed by atoms with Crippen LogP contribution in [0.1, 0.15) is 29.7 Å².